The molecule has 3 N–H and O–H groups in total. The molecule has 16 nitrogen and oxygen atoms in total. The number of thioether (sulfide) groups is 1. The van der Waals surface area contributed by atoms with Gasteiger partial charge in [-0.2, -0.15) is 15.1 Å². The number of urea groups is 1. The first-order valence-electron chi connectivity index (χ1n) is 21.4. The summed E-state index contributed by atoms with van der Waals surface area (Å²) in [4.78, 5) is 54.6. The second-order valence-electron chi connectivity index (χ2n) is 15.8. The van der Waals surface area contributed by atoms with E-state index in [-0.39, 0.29) is 53.4 Å². The molecule has 1 saturated heterocycles. The molecule has 1 fully saturated rings. The molecule has 3 aliphatic heterocycles. The number of nitrogens with two attached hydrogens (primary N) is 1. The van der Waals surface area contributed by atoms with Crippen LogP contribution in [0.5, 0.6) is 11.5 Å². The SMILES string of the molecule is C=C(COC(=O)NCCC[C@@]1(c2ccccc2)SC(c2cc(F)ccc2F)=NN1C(=O)N(C)OC)C(=O)N1CCCC(/C=[N+]2/N=C(c3ccc(Oc4ccccc4)cc3)c3c(N)ncnc32)C1. The van der Waals surface area contributed by atoms with Crippen LogP contribution in [-0.4, -0.2) is 105 Å². The van der Waals surface area contributed by atoms with Gasteiger partial charge in [0.2, 0.25) is 6.33 Å². The van der Waals surface area contributed by atoms with E-state index < -0.39 is 28.6 Å². The molecule has 1 aromatic heterocycles. The predicted octanol–water partition coefficient (Wildman–Crippen LogP) is 7.79. The van der Waals surface area contributed by atoms with E-state index >= 15 is 4.39 Å². The first kappa shape index (κ1) is 46.0. The number of amides is 4. The Morgan fingerprint density at radius 2 is 1.75 bits per heavy atom. The second-order valence-corrected chi connectivity index (χ2v) is 17.0. The zero-order valence-corrected chi connectivity index (χ0v) is 37.5. The number of hydroxylamine groups is 2. The molecule has 0 spiro atoms. The van der Waals surface area contributed by atoms with Crippen LogP contribution in [0.2, 0.25) is 0 Å². The Kier molecular flexibility index (Phi) is 14.0. The van der Waals surface area contributed by atoms with Gasteiger partial charge in [0.05, 0.1) is 7.11 Å². The van der Waals surface area contributed by atoms with Crippen LogP contribution in [0.25, 0.3) is 0 Å². The van der Waals surface area contributed by atoms with Crippen molar-refractivity contribution in [2.75, 3.05) is 46.1 Å². The molecule has 4 amide bonds. The number of para-hydroxylation sites is 1. The molecular weight excluding hydrogens is 883 g/mol. The van der Waals surface area contributed by atoms with Crippen molar-refractivity contribution in [1.82, 2.24) is 30.3 Å². The average molecular weight is 930 g/mol. The molecule has 3 aliphatic rings. The van der Waals surface area contributed by atoms with Gasteiger partial charge in [0.25, 0.3) is 5.91 Å². The van der Waals surface area contributed by atoms with Crippen molar-refractivity contribution in [2.45, 2.75) is 30.6 Å². The van der Waals surface area contributed by atoms with Gasteiger partial charge in [-0.3, -0.25) is 9.63 Å². The number of piperidine rings is 1. The predicted molar refractivity (Wildman–Crippen MR) is 249 cm³/mol. The van der Waals surface area contributed by atoms with E-state index in [1.807, 2.05) is 66.9 Å². The Labute approximate surface area is 389 Å². The van der Waals surface area contributed by atoms with Crippen LogP contribution in [-0.2, 0) is 19.2 Å². The number of hydrazone groups is 2. The first-order chi connectivity index (χ1) is 32.4. The second kappa shape index (κ2) is 20.3. The largest absolute Gasteiger partial charge is 0.457 e. The maximum atomic E-state index is 15.1. The number of rotatable bonds is 14. The Bertz CT molecular complexity index is 2760. The highest BCUT2D eigenvalue weighted by atomic mass is 32.2. The van der Waals surface area contributed by atoms with Crippen molar-refractivity contribution < 1.29 is 42.2 Å². The fourth-order valence-corrected chi connectivity index (χ4v) is 9.30. The number of likely N-dealkylation sites (tertiary alicyclic amines) is 1. The summed E-state index contributed by atoms with van der Waals surface area (Å²) in [5.41, 5.74) is 9.01. The van der Waals surface area contributed by atoms with E-state index in [4.69, 9.17) is 25.1 Å². The smallest absolute Gasteiger partial charge is 0.407 e. The lowest BCUT2D eigenvalue weighted by Crippen LogP contribution is -2.47. The maximum Gasteiger partial charge on any atom is 0.407 e. The van der Waals surface area contributed by atoms with E-state index in [2.05, 4.69) is 27.0 Å². The summed E-state index contributed by atoms with van der Waals surface area (Å²) in [6, 6.07) is 28.4. The molecule has 0 bridgehead atoms. The molecule has 1 unspecified atom stereocenters. The summed E-state index contributed by atoms with van der Waals surface area (Å²) in [5.74, 6) is 0.367. The van der Waals surface area contributed by atoms with Gasteiger partial charge in [0, 0.05) is 49.3 Å². The van der Waals surface area contributed by atoms with Gasteiger partial charge in [0.1, 0.15) is 63.0 Å². The van der Waals surface area contributed by atoms with Crippen molar-refractivity contribution in [2.24, 2.45) is 16.1 Å². The van der Waals surface area contributed by atoms with Crippen molar-refractivity contribution >= 4 is 58.4 Å². The van der Waals surface area contributed by atoms with Crippen LogP contribution in [0.3, 0.4) is 0 Å². The third-order valence-corrected chi connectivity index (χ3v) is 12.7. The highest BCUT2D eigenvalue weighted by Gasteiger charge is 2.50. The number of hydrogen-bond donors (Lipinski definition) is 2. The number of nitrogens with zero attached hydrogens (tertiary/aromatic N) is 8. The number of alkyl carbamates (subject to hydrolysis) is 1. The topological polar surface area (TPSA) is 180 Å². The van der Waals surface area contributed by atoms with Crippen LogP contribution in [0, 0.1) is 17.6 Å². The number of halogens is 2. The minimum absolute atomic E-state index is 0.0868. The molecule has 4 heterocycles. The van der Waals surface area contributed by atoms with Crippen molar-refractivity contribution in [1.29, 1.82) is 0 Å². The molecule has 0 radical (unpaired) electrons. The molecule has 0 aliphatic carbocycles. The first-order valence-corrected chi connectivity index (χ1v) is 22.2. The average Bonchev–Trinajstić information content (AvgIpc) is 3.93. The Balaban J connectivity index is 0.875. The summed E-state index contributed by atoms with van der Waals surface area (Å²) in [6.45, 7) is 4.53. The third kappa shape index (κ3) is 10.2. The van der Waals surface area contributed by atoms with Crippen LogP contribution >= 0.6 is 11.8 Å². The third-order valence-electron chi connectivity index (χ3n) is 11.3. The molecule has 67 heavy (non-hydrogen) atoms. The van der Waals surface area contributed by atoms with Crippen molar-refractivity contribution in [3.05, 3.63) is 155 Å². The highest BCUT2D eigenvalue weighted by molar-refractivity contribution is 8.15. The highest BCUT2D eigenvalue weighted by Crippen LogP contribution is 2.51. The number of hydrogen-bond acceptors (Lipinski definition) is 12. The lowest BCUT2D eigenvalue weighted by molar-refractivity contribution is -0.442. The molecule has 344 valence electrons. The summed E-state index contributed by atoms with van der Waals surface area (Å²) in [7, 11) is 2.73. The van der Waals surface area contributed by atoms with E-state index in [0.29, 0.717) is 54.3 Å². The van der Waals surface area contributed by atoms with E-state index in [0.717, 1.165) is 52.8 Å². The standard InChI is InChI=1S/C48H46F2N10O6S/c1-31(29-65-46(62)52-24-11-23-48(34-13-6-4-7-14-34)60(47(63)57(2)64-3)56-44(67-48)38-26-35(49)19-22-39(38)50)45(61)58-25-10-12-32(27-58)28-59-43-40(42(51)53-30-54-43)41(55-59)33-17-20-37(21-18-33)66-36-15-8-5-9-16-36/h4-9,13-22,26,28,30,32H,1,10-12,23-25,27,29H2,2-3H3,(H2-,51,52,53,54,55,62)/p+1/b59-28+/t32?,48-/m0/s1. The Morgan fingerprint density at radius 3 is 2.49 bits per heavy atom. The fraction of sp³-hybridized carbons (Fsp3) is 0.250. The lowest BCUT2D eigenvalue weighted by atomic mass is 9.98. The molecule has 19 heteroatoms. The number of carbonyl (C=O) groups is 3. The molecule has 5 aromatic rings. The number of nitrogen functional groups attached to an aromatic ring is 1. The molecule has 4 aromatic carbocycles. The van der Waals surface area contributed by atoms with Crippen LogP contribution in [0.1, 0.15) is 47.9 Å². The zero-order chi connectivity index (χ0) is 47.1. The van der Waals surface area contributed by atoms with Gasteiger partial charge >= 0.3 is 17.9 Å². The Hall–Kier alpha value is -7.51. The van der Waals surface area contributed by atoms with Crippen LogP contribution < -0.4 is 15.8 Å². The normalized spacial score (nSPS) is 18.2. The van der Waals surface area contributed by atoms with E-state index in [1.54, 1.807) is 33.8 Å². The number of nitrogens with one attached hydrogen (secondary N) is 1. The Morgan fingerprint density at radius 1 is 1.01 bits per heavy atom. The minimum atomic E-state index is -1.24. The number of aromatic nitrogens is 2. The quantitative estimate of drug-likeness (QED) is 0.0483. The summed E-state index contributed by atoms with van der Waals surface area (Å²) in [5, 5.41) is 14.4. The van der Waals surface area contributed by atoms with E-state index in [9.17, 15) is 18.8 Å². The monoisotopic (exact) mass is 929 g/mol. The molecule has 2 atom stereocenters. The molecular formula is C48H47F2N10O6S+. The number of ether oxygens (including phenoxy) is 2. The number of fused-ring (bicyclic) bond motifs is 1. The van der Waals surface area contributed by atoms with Crippen LogP contribution in [0.15, 0.2) is 132 Å². The van der Waals surface area contributed by atoms with Gasteiger partial charge in [-0.05, 0) is 90.8 Å². The summed E-state index contributed by atoms with van der Waals surface area (Å²) >= 11 is 1.09. The zero-order valence-electron chi connectivity index (χ0n) is 36.7. The van der Waals surface area contributed by atoms with Crippen molar-refractivity contribution in [3.8, 4) is 11.5 Å². The van der Waals surface area contributed by atoms with Crippen molar-refractivity contribution in [3.63, 3.8) is 0 Å². The number of anilines is 1. The molecule has 8 rings (SSSR count). The van der Waals surface area contributed by atoms with Gasteiger partial charge in [-0.15, -0.1) is 4.68 Å². The van der Waals surface area contributed by atoms with Crippen LogP contribution in [0.4, 0.5) is 30.0 Å². The molecule has 0 saturated carbocycles. The van der Waals surface area contributed by atoms with Gasteiger partial charge in [0.15, 0.2) is 0 Å². The minimum Gasteiger partial charge on any atom is -0.457 e. The van der Waals surface area contributed by atoms with Gasteiger partial charge < -0.3 is 25.4 Å². The number of benzene rings is 4. The van der Waals surface area contributed by atoms with Gasteiger partial charge in [-0.25, -0.2) is 23.4 Å². The summed E-state index contributed by atoms with van der Waals surface area (Å²) < 4.78 is 42.5. The fourth-order valence-electron chi connectivity index (χ4n) is 7.89. The lowest BCUT2D eigenvalue weighted by Gasteiger charge is -2.37. The van der Waals surface area contributed by atoms with E-state index in [1.165, 1.54) is 25.5 Å². The summed E-state index contributed by atoms with van der Waals surface area (Å²) in [6.07, 6.45) is 4.54. The number of carbonyl (C=O) groups excluding carboxylic acids is 3. The maximum absolute atomic E-state index is 15.1. The van der Waals surface area contributed by atoms with Gasteiger partial charge in [-0.1, -0.05) is 72.0 Å².